The van der Waals surface area contributed by atoms with Crippen molar-refractivity contribution in [1.29, 1.82) is 0 Å². The molecule has 1 aromatic rings. The highest BCUT2D eigenvalue weighted by Gasteiger charge is 2.45. The van der Waals surface area contributed by atoms with Gasteiger partial charge >= 0.3 is 5.97 Å². The van der Waals surface area contributed by atoms with Gasteiger partial charge in [-0.2, -0.15) is 0 Å². The number of hydrogen-bond acceptors (Lipinski definition) is 3. The third-order valence-corrected chi connectivity index (χ3v) is 4.32. The zero-order valence-electron chi connectivity index (χ0n) is 12.8. The molecule has 0 N–H and O–H groups in total. The molecule has 1 aromatic carbocycles. The summed E-state index contributed by atoms with van der Waals surface area (Å²) in [6.45, 7) is 5.90. The van der Waals surface area contributed by atoms with Gasteiger partial charge < -0.3 is 9.64 Å². The molecule has 112 valence electrons. The van der Waals surface area contributed by atoms with Crippen molar-refractivity contribution in [3.8, 4) is 0 Å². The first kappa shape index (κ1) is 14.1. The van der Waals surface area contributed by atoms with Crippen LogP contribution in [-0.2, 0) is 14.3 Å². The molecule has 0 aliphatic carbocycles. The third-order valence-electron chi connectivity index (χ3n) is 4.32. The van der Waals surface area contributed by atoms with E-state index in [1.165, 1.54) is 0 Å². The van der Waals surface area contributed by atoms with E-state index in [9.17, 15) is 9.59 Å². The topological polar surface area (TPSA) is 46.6 Å². The molecule has 0 spiro atoms. The van der Waals surface area contributed by atoms with Gasteiger partial charge in [0.25, 0.3) is 0 Å². The summed E-state index contributed by atoms with van der Waals surface area (Å²) in [5, 5.41) is 0. The first-order chi connectivity index (χ1) is 9.89. The lowest BCUT2D eigenvalue weighted by Gasteiger charge is -2.23. The summed E-state index contributed by atoms with van der Waals surface area (Å²) in [7, 11) is 0. The Kier molecular flexibility index (Phi) is 3.27. The van der Waals surface area contributed by atoms with Gasteiger partial charge in [-0.05, 0) is 38.8 Å². The van der Waals surface area contributed by atoms with Crippen LogP contribution in [0.5, 0.6) is 0 Å². The second-order valence-corrected chi connectivity index (χ2v) is 6.88. The van der Waals surface area contributed by atoms with Gasteiger partial charge in [-0.15, -0.1) is 0 Å². The minimum absolute atomic E-state index is 0.0962. The van der Waals surface area contributed by atoms with Crippen molar-refractivity contribution >= 4 is 17.6 Å². The van der Waals surface area contributed by atoms with Crippen molar-refractivity contribution in [3.05, 3.63) is 29.8 Å². The molecule has 0 unspecified atom stereocenters. The molecule has 3 rings (SSSR count). The average Bonchev–Trinajstić information content (AvgIpc) is 2.94. The summed E-state index contributed by atoms with van der Waals surface area (Å²) in [6, 6.07) is 8.09. The number of ether oxygens (including phenoxy) is 1. The number of amides is 1. The normalized spacial score (nSPS) is 24.0. The maximum Gasteiger partial charge on any atom is 0.311 e. The standard InChI is InChI=1S/C17H21NO3/c1-17(2,3)16(20)21-10-12-11-6-4-5-7-13(11)18-14(12)8-9-15(18)19/h4-7,12,14H,8-10H2,1-3H3/t12-,14+/m0/s1. The van der Waals surface area contributed by atoms with E-state index >= 15 is 0 Å². The number of rotatable bonds is 2. The zero-order valence-corrected chi connectivity index (χ0v) is 12.8. The van der Waals surface area contributed by atoms with E-state index < -0.39 is 5.41 Å². The average molecular weight is 287 g/mol. The van der Waals surface area contributed by atoms with Crippen LogP contribution in [0.1, 0.15) is 45.1 Å². The molecular formula is C17H21NO3. The van der Waals surface area contributed by atoms with Crippen LogP contribution in [0.3, 0.4) is 0 Å². The molecule has 1 saturated heterocycles. The van der Waals surface area contributed by atoms with E-state index in [0.717, 1.165) is 17.7 Å². The van der Waals surface area contributed by atoms with Gasteiger partial charge in [0.2, 0.25) is 5.91 Å². The molecule has 4 heteroatoms. The molecule has 1 amide bonds. The summed E-state index contributed by atoms with van der Waals surface area (Å²) in [4.78, 5) is 26.0. The van der Waals surface area contributed by atoms with E-state index in [0.29, 0.717) is 13.0 Å². The Morgan fingerprint density at radius 1 is 1.33 bits per heavy atom. The van der Waals surface area contributed by atoms with E-state index in [2.05, 4.69) is 0 Å². The highest BCUT2D eigenvalue weighted by Crippen LogP contribution is 2.46. The lowest BCUT2D eigenvalue weighted by atomic mass is 9.93. The monoisotopic (exact) mass is 287 g/mol. The lowest BCUT2D eigenvalue weighted by Crippen LogP contribution is -2.33. The predicted octanol–water partition coefficient (Wildman–Crippen LogP) is 2.87. The van der Waals surface area contributed by atoms with Gasteiger partial charge in [-0.25, -0.2) is 0 Å². The Bertz CT molecular complexity index is 588. The molecule has 2 aliphatic rings. The van der Waals surface area contributed by atoms with Crippen LogP contribution in [0.2, 0.25) is 0 Å². The Hall–Kier alpha value is -1.84. The lowest BCUT2D eigenvalue weighted by molar-refractivity contribution is -0.153. The fourth-order valence-electron chi connectivity index (χ4n) is 3.21. The van der Waals surface area contributed by atoms with Gasteiger partial charge in [-0.1, -0.05) is 18.2 Å². The minimum atomic E-state index is -0.497. The van der Waals surface area contributed by atoms with Crippen LogP contribution in [-0.4, -0.2) is 24.5 Å². The van der Waals surface area contributed by atoms with Crippen LogP contribution in [0.4, 0.5) is 5.69 Å². The number of fused-ring (bicyclic) bond motifs is 3. The highest BCUT2D eigenvalue weighted by molar-refractivity contribution is 5.99. The molecule has 2 aliphatic heterocycles. The van der Waals surface area contributed by atoms with Crippen LogP contribution < -0.4 is 4.90 Å². The van der Waals surface area contributed by atoms with E-state index in [1.54, 1.807) is 0 Å². The second kappa shape index (κ2) is 4.86. The fraction of sp³-hybridized carbons (Fsp3) is 0.529. The van der Waals surface area contributed by atoms with Gasteiger partial charge in [-0.3, -0.25) is 9.59 Å². The molecule has 2 atom stereocenters. The van der Waals surface area contributed by atoms with Crippen molar-refractivity contribution in [3.63, 3.8) is 0 Å². The van der Waals surface area contributed by atoms with E-state index in [-0.39, 0.29) is 23.8 Å². The Morgan fingerprint density at radius 2 is 2.05 bits per heavy atom. The summed E-state index contributed by atoms with van der Waals surface area (Å²) in [6.07, 6.45) is 1.42. The van der Waals surface area contributed by atoms with Crippen molar-refractivity contribution < 1.29 is 14.3 Å². The molecule has 2 heterocycles. The summed E-state index contributed by atoms with van der Waals surface area (Å²) in [5.74, 6) is 0.0822. The molecular weight excluding hydrogens is 266 g/mol. The molecule has 0 radical (unpaired) electrons. The molecule has 0 aromatic heterocycles. The fourth-order valence-corrected chi connectivity index (χ4v) is 3.21. The van der Waals surface area contributed by atoms with Crippen molar-refractivity contribution in [2.45, 2.75) is 45.6 Å². The number of carbonyl (C=O) groups is 2. The summed E-state index contributed by atoms with van der Waals surface area (Å²) < 4.78 is 5.51. The largest absolute Gasteiger partial charge is 0.465 e. The first-order valence-corrected chi connectivity index (χ1v) is 7.48. The van der Waals surface area contributed by atoms with Crippen molar-refractivity contribution in [2.75, 3.05) is 11.5 Å². The molecule has 21 heavy (non-hydrogen) atoms. The molecule has 4 nitrogen and oxygen atoms in total. The number of benzene rings is 1. The zero-order chi connectivity index (χ0) is 15.2. The minimum Gasteiger partial charge on any atom is -0.465 e. The van der Waals surface area contributed by atoms with Crippen molar-refractivity contribution in [2.24, 2.45) is 5.41 Å². The number of esters is 1. The molecule has 0 bridgehead atoms. The third kappa shape index (κ3) is 2.33. The molecule has 0 saturated carbocycles. The Balaban J connectivity index is 1.83. The van der Waals surface area contributed by atoms with Gasteiger partial charge in [0.15, 0.2) is 0 Å². The Labute approximate surface area is 125 Å². The number of nitrogens with zero attached hydrogens (tertiary/aromatic N) is 1. The van der Waals surface area contributed by atoms with Crippen LogP contribution in [0.25, 0.3) is 0 Å². The van der Waals surface area contributed by atoms with Gasteiger partial charge in [0.1, 0.15) is 6.61 Å². The predicted molar refractivity (Wildman–Crippen MR) is 80.1 cm³/mol. The quantitative estimate of drug-likeness (QED) is 0.786. The summed E-state index contributed by atoms with van der Waals surface area (Å²) in [5.41, 5.74) is 1.61. The van der Waals surface area contributed by atoms with Crippen molar-refractivity contribution in [1.82, 2.24) is 0 Å². The van der Waals surface area contributed by atoms with E-state index in [1.807, 2.05) is 49.9 Å². The summed E-state index contributed by atoms with van der Waals surface area (Å²) >= 11 is 0. The number of para-hydroxylation sites is 1. The van der Waals surface area contributed by atoms with Crippen LogP contribution >= 0.6 is 0 Å². The maximum atomic E-state index is 12.1. The first-order valence-electron chi connectivity index (χ1n) is 7.48. The Morgan fingerprint density at radius 3 is 2.76 bits per heavy atom. The van der Waals surface area contributed by atoms with E-state index in [4.69, 9.17) is 4.74 Å². The SMILES string of the molecule is CC(C)(C)C(=O)OC[C@H]1c2ccccc2N2C(=O)CC[C@H]12. The maximum absolute atomic E-state index is 12.1. The van der Waals surface area contributed by atoms with Crippen LogP contribution in [0.15, 0.2) is 24.3 Å². The highest BCUT2D eigenvalue weighted by atomic mass is 16.5. The number of carbonyl (C=O) groups excluding carboxylic acids is 2. The van der Waals surface area contributed by atoms with Crippen LogP contribution in [0, 0.1) is 5.41 Å². The van der Waals surface area contributed by atoms with Gasteiger partial charge in [0, 0.05) is 24.1 Å². The second-order valence-electron chi connectivity index (χ2n) is 6.88. The number of anilines is 1. The number of hydrogen-bond donors (Lipinski definition) is 0. The molecule has 1 fully saturated rings. The van der Waals surface area contributed by atoms with Gasteiger partial charge in [0.05, 0.1) is 5.41 Å². The smallest absolute Gasteiger partial charge is 0.311 e.